The van der Waals surface area contributed by atoms with E-state index in [2.05, 4.69) is 10.3 Å². The number of carbonyl (C=O) groups excluding carboxylic acids is 1. The molecule has 4 atom stereocenters. The van der Waals surface area contributed by atoms with Crippen LogP contribution in [0.3, 0.4) is 0 Å². The molecule has 2 rings (SSSR count). The summed E-state index contributed by atoms with van der Waals surface area (Å²) in [5.41, 5.74) is 0. The maximum atomic E-state index is 13.7. The number of hydrogen-bond donors (Lipinski definition) is 1. The van der Waals surface area contributed by atoms with Crippen LogP contribution < -0.4 is 5.32 Å². The molecule has 0 aromatic rings. The zero-order valence-corrected chi connectivity index (χ0v) is 10.6. The third kappa shape index (κ3) is 2.44. The molecule has 1 amide bonds. The third-order valence-electron chi connectivity index (χ3n) is 3.13. The molecule has 0 aromatic heterocycles. The second-order valence-corrected chi connectivity index (χ2v) is 4.79. The second-order valence-electron chi connectivity index (χ2n) is 4.79. The molecule has 6 heteroatoms. The average Bonchev–Trinajstić information content (AvgIpc) is 2.35. The van der Waals surface area contributed by atoms with Crippen molar-refractivity contribution < 1.29 is 18.7 Å². The fourth-order valence-electron chi connectivity index (χ4n) is 1.93. The lowest BCUT2D eigenvalue weighted by Gasteiger charge is -2.43. The molecular weight excluding hydrogens is 239 g/mol. The molecule has 0 bridgehead atoms. The molecule has 2 aliphatic heterocycles. The minimum absolute atomic E-state index is 0.262. The van der Waals surface area contributed by atoms with Crippen LogP contribution in [0.25, 0.3) is 0 Å². The van der Waals surface area contributed by atoms with Crippen LogP contribution in [0.15, 0.2) is 17.1 Å². The number of nitrogens with zero attached hydrogens (tertiary/aromatic N) is 1. The first-order chi connectivity index (χ1) is 8.44. The van der Waals surface area contributed by atoms with Gasteiger partial charge < -0.3 is 14.8 Å². The zero-order chi connectivity index (χ0) is 13.3. The van der Waals surface area contributed by atoms with Crippen LogP contribution >= 0.6 is 0 Å². The lowest BCUT2D eigenvalue weighted by atomic mass is 9.90. The molecule has 1 saturated heterocycles. The number of carbonyl (C=O) groups is 1. The number of β-lactam (4-membered cyclic amide) rings is 1. The van der Waals surface area contributed by atoms with Crippen molar-refractivity contribution in [2.45, 2.75) is 44.0 Å². The Hall–Kier alpha value is -1.27. The van der Waals surface area contributed by atoms with Gasteiger partial charge in [-0.15, -0.1) is 0 Å². The van der Waals surface area contributed by atoms with Crippen molar-refractivity contribution in [3.05, 3.63) is 12.2 Å². The lowest BCUT2D eigenvalue weighted by molar-refractivity contribution is -0.239. The minimum atomic E-state index is -1.21. The number of rotatable bonds is 4. The first kappa shape index (κ1) is 13.2. The van der Waals surface area contributed by atoms with E-state index in [1.807, 2.05) is 0 Å². The van der Waals surface area contributed by atoms with Crippen molar-refractivity contribution in [2.75, 3.05) is 7.11 Å². The van der Waals surface area contributed by atoms with Crippen LogP contribution in [0.2, 0.25) is 0 Å². The number of alkyl halides is 1. The van der Waals surface area contributed by atoms with Gasteiger partial charge in [0, 0.05) is 13.3 Å². The molecule has 18 heavy (non-hydrogen) atoms. The van der Waals surface area contributed by atoms with Crippen LogP contribution in [-0.2, 0) is 14.3 Å². The van der Waals surface area contributed by atoms with Gasteiger partial charge in [-0.1, -0.05) is 0 Å². The highest BCUT2D eigenvalue weighted by Gasteiger charge is 2.49. The van der Waals surface area contributed by atoms with E-state index < -0.39 is 30.1 Å². The van der Waals surface area contributed by atoms with E-state index in [9.17, 15) is 9.18 Å². The lowest BCUT2D eigenvalue weighted by Crippen LogP contribution is -2.70. The van der Waals surface area contributed by atoms with E-state index in [-0.39, 0.29) is 5.91 Å². The molecule has 5 nitrogen and oxygen atoms in total. The van der Waals surface area contributed by atoms with Crippen LogP contribution in [0.5, 0.6) is 0 Å². The average molecular weight is 256 g/mol. The Morgan fingerprint density at radius 3 is 2.78 bits per heavy atom. The Morgan fingerprint density at radius 2 is 2.22 bits per heavy atom. The quantitative estimate of drug-likeness (QED) is 0.592. The first-order valence-corrected chi connectivity index (χ1v) is 5.82. The Bertz CT molecular complexity index is 395. The van der Waals surface area contributed by atoms with E-state index in [0.29, 0.717) is 0 Å². The summed E-state index contributed by atoms with van der Waals surface area (Å²) < 4.78 is 24.4. The molecular formula is C12H17FN2O3. The summed E-state index contributed by atoms with van der Waals surface area (Å²) in [6, 6.07) is -1.09. The maximum absolute atomic E-state index is 13.7. The van der Waals surface area contributed by atoms with Crippen molar-refractivity contribution >= 4 is 12.1 Å². The molecule has 0 aliphatic carbocycles. The van der Waals surface area contributed by atoms with Gasteiger partial charge in [0.15, 0.2) is 11.9 Å². The number of methoxy groups -OCH3 is 1. The SMILES string of the molecule is COC(C)(C)O[C@H]1C(=O)N[C@H]1C1N=CC=CC1F. The smallest absolute Gasteiger partial charge is 0.251 e. The molecule has 100 valence electrons. The predicted molar refractivity (Wildman–Crippen MR) is 64.2 cm³/mol. The topological polar surface area (TPSA) is 59.9 Å². The summed E-state index contributed by atoms with van der Waals surface area (Å²) in [5.74, 6) is -1.15. The zero-order valence-electron chi connectivity index (χ0n) is 10.6. The summed E-state index contributed by atoms with van der Waals surface area (Å²) in [7, 11) is 1.49. The summed E-state index contributed by atoms with van der Waals surface area (Å²) >= 11 is 0. The van der Waals surface area contributed by atoms with Gasteiger partial charge in [-0.2, -0.15) is 0 Å². The summed E-state index contributed by atoms with van der Waals surface area (Å²) in [5, 5.41) is 2.63. The van der Waals surface area contributed by atoms with Gasteiger partial charge in [0.25, 0.3) is 5.91 Å². The van der Waals surface area contributed by atoms with Gasteiger partial charge in [0.2, 0.25) is 0 Å². The van der Waals surface area contributed by atoms with Crippen LogP contribution in [0.1, 0.15) is 13.8 Å². The number of amides is 1. The van der Waals surface area contributed by atoms with Gasteiger partial charge in [-0.25, -0.2) is 4.39 Å². The molecule has 0 saturated carbocycles. The molecule has 2 heterocycles. The van der Waals surface area contributed by atoms with Crippen LogP contribution in [0.4, 0.5) is 4.39 Å². The number of aliphatic imine (C=N–C) groups is 1. The molecule has 2 aliphatic rings. The fraction of sp³-hybridized carbons (Fsp3) is 0.667. The van der Waals surface area contributed by atoms with E-state index in [0.717, 1.165) is 0 Å². The Labute approximate surface area is 105 Å². The van der Waals surface area contributed by atoms with E-state index in [1.54, 1.807) is 19.9 Å². The van der Waals surface area contributed by atoms with Gasteiger partial charge >= 0.3 is 0 Å². The Kier molecular flexibility index (Phi) is 3.49. The minimum Gasteiger partial charge on any atom is -0.354 e. The predicted octanol–water partition coefficient (Wildman–Crippen LogP) is 0.600. The molecule has 0 spiro atoms. The molecule has 0 aromatic carbocycles. The van der Waals surface area contributed by atoms with Crippen LogP contribution in [-0.4, -0.2) is 49.4 Å². The number of nitrogens with one attached hydrogen (secondary N) is 1. The van der Waals surface area contributed by atoms with E-state index in [1.165, 1.54) is 19.4 Å². The molecule has 0 radical (unpaired) electrons. The van der Waals surface area contributed by atoms with Crippen molar-refractivity contribution in [1.82, 2.24) is 5.32 Å². The van der Waals surface area contributed by atoms with Gasteiger partial charge in [0.05, 0.1) is 6.04 Å². The summed E-state index contributed by atoms with van der Waals surface area (Å²) in [6.07, 6.45) is 2.56. The molecule has 1 N–H and O–H groups in total. The largest absolute Gasteiger partial charge is 0.354 e. The highest BCUT2D eigenvalue weighted by atomic mass is 19.1. The van der Waals surface area contributed by atoms with Crippen molar-refractivity contribution in [1.29, 1.82) is 0 Å². The highest BCUT2D eigenvalue weighted by molar-refractivity contribution is 5.89. The molecule has 2 unspecified atom stereocenters. The van der Waals surface area contributed by atoms with Crippen molar-refractivity contribution in [3.8, 4) is 0 Å². The number of ether oxygens (including phenoxy) is 2. The second kappa shape index (κ2) is 4.78. The molecule has 1 fully saturated rings. The summed E-state index contributed by atoms with van der Waals surface area (Å²) in [6.45, 7) is 3.40. The standard InChI is InChI=1S/C12H17FN2O3/c1-12(2,17-3)18-10-9(15-11(10)16)8-7(13)5-4-6-14-8/h4-10H,1-3H3,(H,15,16)/t7?,8?,9-,10+/m0/s1. The van der Waals surface area contributed by atoms with Crippen molar-refractivity contribution in [2.24, 2.45) is 4.99 Å². The number of allylic oxidation sites excluding steroid dienone is 1. The van der Waals surface area contributed by atoms with Crippen molar-refractivity contribution in [3.63, 3.8) is 0 Å². The third-order valence-corrected chi connectivity index (χ3v) is 3.13. The normalized spacial score (nSPS) is 35.2. The fourth-order valence-corrected chi connectivity index (χ4v) is 1.93. The monoisotopic (exact) mass is 256 g/mol. The highest BCUT2D eigenvalue weighted by Crippen LogP contribution is 2.26. The Balaban J connectivity index is 2.04. The van der Waals surface area contributed by atoms with Crippen LogP contribution in [0, 0.1) is 0 Å². The van der Waals surface area contributed by atoms with Gasteiger partial charge in [0.1, 0.15) is 12.2 Å². The van der Waals surface area contributed by atoms with Gasteiger partial charge in [-0.3, -0.25) is 9.79 Å². The van der Waals surface area contributed by atoms with Gasteiger partial charge in [-0.05, 0) is 26.0 Å². The van der Waals surface area contributed by atoms with E-state index in [4.69, 9.17) is 9.47 Å². The number of halogens is 1. The van der Waals surface area contributed by atoms with E-state index >= 15 is 0 Å². The first-order valence-electron chi connectivity index (χ1n) is 5.82. The maximum Gasteiger partial charge on any atom is 0.251 e. The number of dihydropyridines is 1. The number of hydrogen-bond acceptors (Lipinski definition) is 4. The summed E-state index contributed by atoms with van der Waals surface area (Å²) in [4.78, 5) is 15.6. The Morgan fingerprint density at radius 1 is 1.50 bits per heavy atom.